The third-order valence-corrected chi connectivity index (χ3v) is 7.31. The van der Waals surface area contributed by atoms with Crippen LogP contribution in [0.3, 0.4) is 0 Å². The summed E-state index contributed by atoms with van der Waals surface area (Å²) >= 11 is 0. The van der Waals surface area contributed by atoms with Gasteiger partial charge >= 0.3 is 0 Å². The summed E-state index contributed by atoms with van der Waals surface area (Å²) in [7, 11) is 2.51. The van der Waals surface area contributed by atoms with Crippen molar-refractivity contribution >= 4 is 29.6 Å². The summed E-state index contributed by atoms with van der Waals surface area (Å²) in [6.07, 6.45) is 4.50. The van der Waals surface area contributed by atoms with Crippen LogP contribution in [-0.4, -0.2) is 18.3 Å². The number of hydrogen-bond acceptors (Lipinski definition) is 0. The third-order valence-electron chi connectivity index (χ3n) is 4.76. The van der Waals surface area contributed by atoms with Gasteiger partial charge in [0.1, 0.15) is 0 Å². The van der Waals surface area contributed by atoms with Gasteiger partial charge in [0.2, 0.25) is 0 Å². The van der Waals surface area contributed by atoms with E-state index in [0.29, 0.717) is 11.5 Å². The van der Waals surface area contributed by atoms with Crippen LogP contribution in [0, 0.1) is 0 Å². The average Bonchev–Trinajstić information content (AvgIpc) is 2.87. The molecule has 2 heteroatoms. The number of rotatable bonds is 3. The molecule has 1 aliphatic rings. The zero-order chi connectivity index (χ0) is 16.8. The Hall–Kier alpha value is -1.39. The molecule has 2 aromatic carbocycles. The van der Waals surface area contributed by atoms with Gasteiger partial charge in [-0.3, -0.25) is 0 Å². The molecule has 117 valence electrons. The molecule has 0 bridgehead atoms. The van der Waals surface area contributed by atoms with Crippen molar-refractivity contribution in [3.63, 3.8) is 0 Å². The molecule has 0 fully saturated rings. The summed E-state index contributed by atoms with van der Waals surface area (Å²) in [5.74, 6) is 0.529. The lowest BCUT2D eigenvalue weighted by Crippen LogP contribution is -2.37. The van der Waals surface area contributed by atoms with E-state index in [0.717, 1.165) is 0 Å². The molecular weight excluding hydrogens is 308 g/mol. The summed E-state index contributed by atoms with van der Waals surface area (Å²) in [5, 5.41) is 1.55. The van der Waals surface area contributed by atoms with Crippen LogP contribution >= 0.6 is 0 Å². The summed E-state index contributed by atoms with van der Waals surface area (Å²) < 4.78 is 0. The highest BCUT2D eigenvalue weighted by molar-refractivity contribution is 6.88. The molecule has 2 aromatic rings. The second-order valence-electron chi connectivity index (χ2n) is 7.85. The minimum Gasteiger partial charge on any atom is -0.0799 e. The van der Waals surface area contributed by atoms with Gasteiger partial charge in [0.25, 0.3) is 0 Å². The SMILES string of the molecule is CC(C)c1cc([Si](C)(C)C)ccc1-c1cccc2c1C=CC2[Si]. The van der Waals surface area contributed by atoms with Crippen molar-refractivity contribution in [1.82, 2.24) is 0 Å². The van der Waals surface area contributed by atoms with Gasteiger partial charge in [0.05, 0.1) is 8.07 Å². The lowest BCUT2D eigenvalue weighted by atomic mass is 9.89. The monoisotopic (exact) mass is 333 g/mol. The van der Waals surface area contributed by atoms with Crippen molar-refractivity contribution in [2.75, 3.05) is 0 Å². The summed E-state index contributed by atoms with van der Waals surface area (Å²) in [5.41, 5.74) is 7.32. The highest BCUT2D eigenvalue weighted by Crippen LogP contribution is 2.38. The van der Waals surface area contributed by atoms with Crippen molar-refractivity contribution < 1.29 is 0 Å². The van der Waals surface area contributed by atoms with E-state index in [1.54, 1.807) is 5.19 Å². The Bertz CT molecular complexity index is 764. The van der Waals surface area contributed by atoms with Crippen LogP contribution in [0.1, 0.15) is 42.0 Å². The van der Waals surface area contributed by atoms with Crippen LogP contribution in [0.4, 0.5) is 0 Å². The molecule has 0 saturated heterocycles. The van der Waals surface area contributed by atoms with Crippen molar-refractivity contribution in [2.24, 2.45) is 0 Å². The average molecular weight is 334 g/mol. The Morgan fingerprint density at radius 2 is 1.74 bits per heavy atom. The van der Waals surface area contributed by atoms with Crippen molar-refractivity contribution in [1.29, 1.82) is 0 Å². The quantitative estimate of drug-likeness (QED) is 0.672. The molecule has 0 nitrogen and oxygen atoms in total. The number of allylic oxidation sites excluding steroid dienone is 1. The van der Waals surface area contributed by atoms with Gasteiger partial charge in [-0.2, -0.15) is 0 Å². The normalized spacial score (nSPS) is 16.9. The smallest absolute Gasteiger partial charge is 0.0776 e. The highest BCUT2D eigenvalue weighted by atomic mass is 28.3. The molecule has 1 atom stereocenters. The van der Waals surface area contributed by atoms with E-state index in [-0.39, 0.29) is 0 Å². The Kier molecular flexibility index (Phi) is 4.24. The molecular formula is C21H25Si2. The zero-order valence-electron chi connectivity index (χ0n) is 14.8. The maximum Gasteiger partial charge on any atom is 0.0776 e. The molecule has 3 radical (unpaired) electrons. The number of benzene rings is 2. The lowest BCUT2D eigenvalue weighted by molar-refractivity contribution is 0.870. The van der Waals surface area contributed by atoms with Gasteiger partial charge in [0.15, 0.2) is 0 Å². The lowest BCUT2D eigenvalue weighted by Gasteiger charge is -2.22. The minimum absolute atomic E-state index is 0.341. The molecule has 23 heavy (non-hydrogen) atoms. The second kappa shape index (κ2) is 5.92. The first-order valence-electron chi connectivity index (χ1n) is 8.46. The van der Waals surface area contributed by atoms with Crippen LogP contribution in [0.15, 0.2) is 42.5 Å². The first-order valence-corrected chi connectivity index (χ1v) is 12.5. The van der Waals surface area contributed by atoms with E-state index in [1.807, 2.05) is 0 Å². The van der Waals surface area contributed by atoms with Crippen molar-refractivity contribution in [3.8, 4) is 11.1 Å². The fourth-order valence-electron chi connectivity index (χ4n) is 3.32. The Labute approximate surface area is 145 Å². The van der Waals surface area contributed by atoms with Crippen LogP contribution < -0.4 is 5.19 Å². The topological polar surface area (TPSA) is 0 Å². The standard InChI is InChI=1S/C21H25Si2/c1-14(2)20-13-15(23(3,4)5)9-10-18(20)16-7-6-8-19-17(16)11-12-21(19)22/h6-14,21H,1-5H3. The fraction of sp³-hybridized carbons (Fsp3) is 0.333. The van der Waals surface area contributed by atoms with Crippen LogP contribution in [0.5, 0.6) is 0 Å². The molecule has 1 aliphatic carbocycles. The van der Waals surface area contributed by atoms with Gasteiger partial charge in [0, 0.05) is 10.2 Å². The van der Waals surface area contributed by atoms with Gasteiger partial charge in [-0.1, -0.05) is 87.2 Å². The molecule has 0 saturated carbocycles. The fourth-order valence-corrected chi connectivity index (χ4v) is 4.84. The molecule has 0 aliphatic heterocycles. The Morgan fingerprint density at radius 1 is 1.00 bits per heavy atom. The molecule has 0 aromatic heterocycles. The number of fused-ring (bicyclic) bond motifs is 1. The number of hydrogen-bond donors (Lipinski definition) is 0. The van der Waals surface area contributed by atoms with E-state index in [9.17, 15) is 0 Å². The largest absolute Gasteiger partial charge is 0.0799 e. The summed E-state index contributed by atoms with van der Waals surface area (Å²) in [6, 6.07) is 13.9. The van der Waals surface area contributed by atoms with E-state index in [4.69, 9.17) is 0 Å². The van der Waals surface area contributed by atoms with E-state index in [2.05, 4.69) is 92.3 Å². The van der Waals surface area contributed by atoms with E-state index < -0.39 is 8.07 Å². The zero-order valence-corrected chi connectivity index (χ0v) is 16.8. The first kappa shape index (κ1) is 16.5. The minimum atomic E-state index is -1.29. The predicted octanol–water partition coefficient (Wildman–Crippen LogP) is 5.26. The summed E-state index contributed by atoms with van der Waals surface area (Å²) in [4.78, 5) is 0. The van der Waals surface area contributed by atoms with Crippen LogP contribution in [-0.2, 0) is 0 Å². The highest BCUT2D eigenvalue weighted by Gasteiger charge is 2.22. The Morgan fingerprint density at radius 3 is 2.39 bits per heavy atom. The Balaban J connectivity index is 2.20. The van der Waals surface area contributed by atoms with Gasteiger partial charge < -0.3 is 0 Å². The maximum absolute atomic E-state index is 3.80. The van der Waals surface area contributed by atoms with Gasteiger partial charge in [-0.15, -0.1) is 0 Å². The molecule has 0 N–H and O–H groups in total. The molecule has 0 heterocycles. The predicted molar refractivity (Wildman–Crippen MR) is 106 cm³/mol. The second-order valence-corrected chi connectivity index (χ2v) is 13.6. The van der Waals surface area contributed by atoms with Crippen molar-refractivity contribution in [2.45, 2.75) is 44.9 Å². The molecule has 3 rings (SSSR count). The van der Waals surface area contributed by atoms with E-state index in [1.165, 1.54) is 27.8 Å². The van der Waals surface area contributed by atoms with E-state index >= 15 is 0 Å². The van der Waals surface area contributed by atoms with Crippen LogP contribution in [0.25, 0.3) is 17.2 Å². The van der Waals surface area contributed by atoms with Crippen LogP contribution in [0.2, 0.25) is 19.6 Å². The molecule has 0 amide bonds. The van der Waals surface area contributed by atoms with Gasteiger partial charge in [-0.25, -0.2) is 0 Å². The molecule has 1 unspecified atom stereocenters. The third kappa shape index (κ3) is 3.02. The van der Waals surface area contributed by atoms with Gasteiger partial charge in [-0.05, 0) is 39.3 Å². The summed E-state index contributed by atoms with van der Waals surface area (Å²) in [6.45, 7) is 11.9. The molecule has 0 spiro atoms. The maximum atomic E-state index is 3.80. The van der Waals surface area contributed by atoms with Crippen molar-refractivity contribution in [3.05, 3.63) is 59.2 Å². The first-order chi connectivity index (χ1) is 10.8.